The summed E-state index contributed by atoms with van der Waals surface area (Å²) in [6.07, 6.45) is 1.02. The standard InChI is InChI=1S/C15H12O2/c16-15(17)8-10-5-6-14-12(7-10)9-11-3-1-2-4-13(11)14/h1-7H,8-9H2,(H,16,17). The highest BCUT2D eigenvalue weighted by Crippen LogP contribution is 2.36. The number of benzene rings is 2. The van der Waals surface area contributed by atoms with Crippen molar-refractivity contribution < 1.29 is 9.90 Å². The third-order valence-corrected chi connectivity index (χ3v) is 3.21. The van der Waals surface area contributed by atoms with Crippen molar-refractivity contribution in [1.29, 1.82) is 0 Å². The number of rotatable bonds is 2. The van der Waals surface area contributed by atoms with Gasteiger partial charge in [0.25, 0.3) is 0 Å². The van der Waals surface area contributed by atoms with Gasteiger partial charge in [-0.3, -0.25) is 4.79 Å². The van der Waals surface area contributed by atoms with Gasteiger partial charge in [-0.25, -0.2) is 0 Å². The lowest BCUT2D eigenvalue weighted by Gasteiger charge is -2.03. The first-order valence-corrected chi connectivity index (χ1v) is 5.66. The zero-order valence-electron chi connectivity index (χ0n) is 9.31. The number of hydrogen-bond donors (Lipinski definition) is 1. The molecule has 0 unspecified atom stereocenters. The van der Waals surface area contributed by atoms with Crippen molar-refractivity contribution >= 4 is 5.97 Å². The molecule has 2 heteroatoms. The largest absolute Gasteiger partial charge is 0.481 e. The summed E-state index contributed by atoms with van der Waals surface area (Å²) in [6, 6.07) is 14.3. The molecule has 0 saturated carbocycles. The van der Waals surface area contributed by atoms with Crippen LogP contribution in [0.3, 0.4) is 0 Å². The summed E-state index contributed by atoms with van der Waals surface area (Å²) in [7, 11) is 0. The fraction of sp³-hybridized carbons (Fsp3) is 0.133. The zero-order chi connectivity index (χ0) is 11.8. The SMILES string of the molecule is O=C(O)Cc1ccc2c(c1)Cc1ccccc1-2. The Hall–Kier alpha value is -2.09. The molecule has 0 heterocycles. The number of carboxylic acid groups (broad SMARTS) is 1. The minimum absolute atomic E-state index is 0.101. The van der Waals surface area contributed by atoms with Crippen LogP contribution in [-0.4, -0.2) is 11.1 Å². The molecule has 1 N–H and O–H groups in total. The predicted octanol–water partition coefficient (Wildman–Crippen LogP) is 2.88. The van der Waals surface area contributed by atoms with E-state index in [4.69, 9.17) is 5.11 Å². The van der Waals surface area contributed by atoms with Crippen LogP contribution in [0, 0.1) is 0 Å². The van der Waals surface area contributed by atoms with Gasteiger partial charge >= 0.3 is 5.97 Å². The summed E-state index contributed by atoms with van der Waals surface area (Å²) < 4.78 is 0. The highest BCUT2D eigenvalue weighted by molar-refractivity contribution is 5.78. The van der Waals surface area contributed by atoms with Crippen LogP contribution in [0.25, 0.3) is 11.1 Å². The van der Waals surface area contributed by atoms with Gasteiger partial charge in [-0.2, -0.15) is 0 Å². The molecule has 0 fully saturated rings. The van der Waals surface area contributed by atoms with Crippen LogP contribution in [0.15, 0.2) is 42.5 Å². The number of aliphatic carboxylic acids is 1. The molecule has 2 nitrogen and oxygen atoms in total. The lowest BCUT2D eigenvalue weighted by molar-refractivity contribution is -0.136. The van der Waals surface area contributed by atoms with Crippen molar-refractivity contribution in [2.45, 2.75) is 12.8 Å². The van der Waals surface area contributed by atoms with Gasteiger partial charge in [-0.05, 0) is 34.2 Å². The van der Waals surface area contributed by atoms with E-state index in [-0.39, 0.29) is 6.42 Å². The van der Waals surface area contributed by atoms with Crippen molar-refractivity contribution in [3.8, 4) is 11.1 Å². The van der Waals surface area contributed by atoms with Crippen LogP contribution < -0.4 is 0 Å². The number of carboxylic acids is 1. The third kappa shape index (κ3) is 1.72. The van der Waals surface area contributed by atoms with Crippen molar-refractivity contribution in [2.75, 3.05) is 0 Å². The molecule has 17 heavy (non-hydrogen) atoms. The van der Waals surface area contributed by atoms with Gasteiger partial charge in [0, 0.05) is 0 Å². The van der Waals surface area contributed by atoms with E-state index in [2.05, 4.69) is 12.1 Å². The van der Waals surface area contributed by atoms with Crippen LogP contribution in [0.2, 0.25) is 0 Å². The Kier molecular flexibility index (Phi) is 2.22. The van der Waals surface area contributed by atoms with E-state index in [0.29, 0.717) is 0 Å². The molecular weight excluding hydrogens is 212 g/mol. The Morgan fingerprint density at radius 1 is 1.06 bits per heavy atom. The fourth-order valence-electron chi connectivity index (χ4n) is 2.48. The van der Waals surface area contributed by atoms with Crippen LogP contribution in [-0.2, 0) is 17.6 Å². The number of hydrogen-bond acceptors (Lipinski definition) is 1. The van der Waals surface area contributed by atoms with Gasteiger partial charge in [0.1, 0.15) is 0 Å². The van der Waals surface area contributed by atoms with Crippen LogP contribution in [0.4, 0.5) is 0 Å². The number of carbonyl (C=O) groups is 1. The molecule has 0 spiro atoms. The van der Waals surface area contributed by atoms with E-state index in [0.717, 1.165) is 12.0 Å². The summed E-state index contributed by atoms with van der Waals surface area (Å²) in [5.41, 5.74) is 5.98. The first kappa shape index (κ1) is 10.1. The van der Waals surface area contributed by atoms with Crippen molar-refractivity contribution in [3.63, 3.8) is 0 Å². The van der Waals surface area contributed by atoms with E-state index in [9.17, 15) is 4.79 Å². The molecule has 0 radical (unpaired) electrons. The summed E-state index contributed by atoms with van der Waals surface area (Å²) in [5, 5.41) is 8.79. The van der Waals surface area contributed by atoms with Crippen molar-refractivity contribution in [1.82, 2.24) is 0 Å². The topological polar surface area (TPSA) is 37.3 Å². The first-order chi connectivity index (χ1) is 8.24. The van der Waals surface area contributed by atoms with Gasteiger partial charge in [-0.15, -0.1) is 0 Å². The molecule has 0 aromatic heterocycles. The Morgan fingerprint density at radius 3 is 2.65 bits per heavy atom. The molecule has 0 amide bonds. The Balaban J connectivity index is 2.04. The van der Waals surface area contributed by atoms with E-state index >= 15 is 0 Å². The third-order valence-electron chi connectivity index (χ3n) is 3.21. The molecule has 0 aliphatic heterocycles. The smallest absolute Gasteiger partial charge is 0.307 e. The van der Waals surface area contributed by atoms with Crippen LogP contribution in [0.1, 0.15) is 16.7 Å². The minimum Gasteiger partial charge on any atom is -0.481 e. The van der Waals surface area contributed by atoms with E-state index in [1.165, 1.54) is 22.3 Å². The predicted molar refractivity (Wildman–Crippen MR) is 66.0 cm³/mol. The maximum atomic E-state index is 10.7. The van der Waals surface area contributed by atoms with E-state index in [1.54, 1.807) is 0 Å². The fourth-order valence-corrected chi connectivity index (χ4v) is 2.48. The summed E-state index contributed by atoms with van der Waals surface area (Å²) >= 11 is 0. The highest BCUT2D eigenvalue weighted by atomic mass is 16.4. The van der Waals surface area contributed by atoms with E-state index in [1.807, 2.05) is 30.3 Å². The Morgan fingerprint density at radius 2 is 1.82 bits per heavy atom. The second kappa shape index (κ2) is 3.74. The highest BCUT2D eigenvalue weighted by Gasteiger charge is 2.17. The summed E-state index contributed by atoms with van der Waals surface area (Å²) in [4.78, 5) is 10.7. The maximum Gasteiger partial charge on any atom is 0.307 e. The van der Waals surface area contributed by atoms with Crippen LogP contribution in [0.5, 0.6) is 0 Å². The Bertz CT molecular complexity index is 600. The quantitative estimate of drug-likeness (QED) is 0.726. The van der Waals surface area contributed by atoms with Gasteiger partial charge in [0.05, 0.1) is 6.42 Å². The average molecular weight is 224 g/mol. The molecule has 84 valence electrons. The molecule has 0 atom stereocenters. The van der Waals surface area contributed by atoms with Crippen molar-refractivity contribution in [3.05, 3.63) is 59.2 Å². The molecule has 2 aromatic rings. The van der Waals surface area contributed by atoms with Gasteiger partial charge in [-0.1, -0.05) is 42.5 Å². The van der Waals surface area contributed by atoms with Crippen molar-refractivity contribution in [2.24, 2.45) is 0 Å². The summed E-state index contributed by atoms with van der Waals surface area (Å²) in [6.45, 7) is 0. The second-order valence-electron chi connectivity index (χ2n) is 4.40. The molecular formula is C15H12O2. The molecule has 1 aliphatic rings. The average Bonchev–Trinajstić information content (AvgIpc) is 2.65. The monoisotopic (exact) mass is 224 g/mol. The molecule has 2 aromatic carbocycles. The van der Waals surface area contributed by atoms with Gasteiger partial charge in [0.15, 0.2) is 0 Å². The van der Waals surface area contributed by atoms with Crippen LogP contribution >= 0.6 is 0 Å². The molecule has 0 saturated heterocycles. The van der Waals surface area contributed by atoms with Gasteiger partial charge < -0.3 is 5.11 Å². The molecule has 1 aliphatic carbocycles. The Labute approximate surface area is 99.5 Å². The normalized spacial score (nSPS) is 12.0. The first-order valence-electron chi connectivity index (χ1n) is 5.66. The number of fused-ring (bicyclic) bond motifs is 3. The zero-order valence-corrected chi connectivity index (χ0v) is 9.31. The summed E-state index contributed by atoms with van der Waals surface area (Å²) in [5.74, 6) is -0.777. The lowest BCUT2D eigenvalue weighted by atomic mass is 10.0. The van der Waals surface area contributed by atoms with Gasteiger partial charge in [0.2, 0.25) is 0 Å². The minimum atomic E-state index is -0.777. The molecule has 0 bridgehead atoms. The second-order valence-corrected chi connectivity index (χ2v) is 4.40. The molecule has 3 rings (SSSR count). The lowest BCUT2D eigenvalue weighted by Crippen LogP contribution is -2.00. The maximum absolute atomic E-state index is 10.7. The van der Waals surface area contributed by atoms with E-state index < -0.39 is 5.97 Å².